The van der Waals surface area contributed by atoms with Crippen molar-refractivity contribution in [1.29, 1.82) is 0 Å². The Balaban J connectivity index is 1.37. The Morgan fingerprint density at radius 1 is 1.13 bits per heavy atom. The van der Waals surface area contributed by atoms with Gasteiger partial charge in [-0.1, -0.05) is 30.3 Å². The van der Waals surface area contributed by atoms with Gasteiger partial charge in [0.15, 0.2) is 5.82 Å². The van der Waals surface area contributed by atoms with Crippen molar-refractivity contribution >= 4 is 16.7 Å². The van der Waals surface area contributed by atoms with Gasteiger partial charge < -0.3 is 9.88 Å². The highest BCUT2D eigenvalue weighted by atomic mass is 32.1. The smallest absolute Gasteiger partial charge is 0.202 e. The fourth-order valence-electron chi connectivity index (χ4n) is 2.83. The molecule has 1 aliphatic rings. The lowest BCUT2D eigenvalue weighted by Crippen LogP contribution is -2.15. The summed E-state index contributed by atoms with van der Waals surface area (Å²) in [6.07, 6.45) is 4.36. The van der Waals surface area contributed by atoms with E-state index in [0.717, 1.165) is 54.1 Å². The van der Waals surface area contributed by atoms with Crippen molar-refractivity contribution in [3.8, 4) is 11.4 Å². The lowest BCUT2D eigenvalue weighted by molar-refractivity contribution is 0.508. The Hall–Kier alpha value is -2.28. The van der Waals surface area contributed by atoms with E-state index in [1.165, 1.54) is 24.4 Å². The monoisotopic (exact) mass is 326 g/mol. The van der Waals surface area contributed by atoms with Crippen LogP contribution in [0, 0.1) is 0 Å². The number of nitrogens with zero attached hydrogens (tertiary/aromatic N) is 5. The maximum Gasteiger partial charge on any atom is 0.202 e. The maximum absolute atomic E-state index is 4.54. The third-order valence-electron chi connectivity index (χ3n) is 4.02. The van der Waals surface area contributed by atoms with Gasteiger partial charge in [0.05, 0.1) is 0 Å². The minimum absolute atomic E-state index is 0.776. The fraction of sp³-hybridized carbons (Fsp3) is 0.375. The Kier molecular flexibility index (Phi) is 4.02. The predicted molar refractivity (Wildman–Crippen MR) is 90.5 cm³/mol. The summed E-state index contributed by atoms with van der Waals surface area (Å²) >= 11 is 1.40. The number of aromatic nitrogens is 5. The van der Waals surface area contributed by atoms with Gasteiger partial charge in [-0.05, 0) is 12.8 Å². The molecular formula is C16H18N6S. The van der Waals surface area contributed by atoms with Gasteiger partial charge in [0.25, 0.3) is 0 Å². The molecule has 6 nitrogen and oxygen atoms in total. The normalized spacial score (nSPS) is 13.7. The zero-order valence-electron chi connectivity index (χ0n) is 12.8. The minimum Gasteiger partial charge on any atom is -0.360 e. The Morgan fingerprint density at radius 3 is 2.96 bits per heavy atom. The number of hydrogen-bond acceptors (Lipinski definition) is 6. The Labute approximate surface area is 138 Å². The van der Waals surface area contributed by atoms with Crippen LogP contribution in [0.2, 0.25) is 0 Å². The number of rotatable bonds is 5. The topological polar surface area (TPSA) is 68.5 Å². The van der Waals surface area contributed by atoms with Crippen molar-refractivity contribution in [1.82, 2.24) is 24.1 Å². The summed E-state index contributed by atoms with van der Waals surface area (Å²) in [6, 6.07) is 10.0. The standard InChI is InChI=1S/C16H18N6S/c1-2-6-12(7-3-1)15-18-16(23-21-15)17-10-9-14-20-19-13-8-4-5-11-22(13)14/h1-3,6-7H,4-5,8-11H2,(H,17,18,21). The molecule has 7 heteroatoms. The van der Waals surface area contributed by atoms with Crippen LogP contribution in [-0.4, -0.2) is 30.7 Å². The number of nitrogens with one attached hydrogen (secondary N) is 1. The average Bonchev–Trinajstić information content (AvgIpc) is 3.23. The molecule has 1 aliphatic heterocycles. The van der Waals surface area contributed by atoms with Crippen LogP contribution in [0.15, 0.2) is 30.3 Å². The van der Waals surface area contributed by atoms with E-state index in [9.17, 15) is 0 Å². The van der Waals surface area contributed by atoms with E-state index in [-0.39, 0.29) is 0 Å². The summed E-state index contributed by atoms with van der Waals surface area (Å²) in [4.78, 5) is 4.54. The number of benzene rings is 1. The zero-order valence-corrected chi connectivity index (χ0v) is 13.6. The zero-order chi connectivity index (χ0) is 15.5. The van der Waals surface area contributed by atoms with Crippen molar-refractivity contribution in [2.75, 3.05) is 11.9 Å². The van der Waals surface area contributed by atoms with E-state index in [2.05, 4.69) is 29.4 Å². The van der Waals surface area contributed by atoms with Crippen molar-refractivity contribution in [2.45, 2.75) is 32.2 Å². The van der Waals surface area contributed by atoms with Gasteiger partial charge in [0, 0.05) is 43.0 Å². The molecule has 0 aliphatic carbocycles. The molecule has 23 heavy (non-hydrogen) atoms. The molecule has 4 rings (SSSR count). The van der Waals surface area contributed by atoms with Crippen LogP contribution < -0.4 is 5.32 Å². The van der Waals surface area contributed by atoms with E-state index in [0.29, 0.717) is 0 Å². The molecule has 0 spiro atoms. The summed E-state index contributed by atoms with van der Waals surface area (Å²) < 4.78 is 6.67. The molecule has 0 saturated carbocycles. The molecule has 0 atom stereocenters. The molecule has 0 fully saturated rings. The van der Waals surface area contributed by atoms with Crippen molar-refractivity contribution in [3.63, 3.8) is 0 Å². The lowest BCUT2D eigenvalue weighted by atomic mass is 10.1. The second-order valence-electron chi connectivity index (χ2n) is 5.61. The predicted octanol–water partition coefficient (Wildman–Crippen LogP) is 2.79. The van der Waals surface area contributed by atoms with Crippen molar-refractivity contribution < 1.29 is 0 Å². The SMILES string of the molecule is c1ccc(-c2nsc(NCCc3nnc4n3CCCC4)n2)cc1. The lowest BCUT2D eigenvalue weighted by Gasteiger charge is -2.14. The van der Waals surface area contributed by atoms with Crippen LogP contribution >= 0.6 is 11.5 Å². The second-order valence-corrected chi connectivity index (χ2v) is 6.36. The van der Waals surface area contributed by atoms with E-state index in [1.54, 1.807) is 0 Å². The Morgan fingerprint density at radius 2 is 2.04 bits per heavy atom. The van der Waals surface area contributed by atoms with Crippen LogP contribution in [0.1, 0.15) is 24.5 Å². The molecule has 0 radical (unpaired) electrons. The molecule has 0 unspecified atom stereocenters. The summed E-state index contributed by atoms with van der Waals surface area (Å²) in [7, 11) is 0. The van der Waals surface area contributed by atoms with Gasteiger partial charge in [-0.25, -0.2) is 0 Å². The van der Waals surface area contributed by atoms with Crippen molar-refractivity contribution in [3.05, 3.63) is 42.0 Å². The number of aryl methyl sites for hydroxylation is 1. The molecule has 0 saturated heterocycles. The molecular weight excluding hydrogens is 308 g/mol. The van der Waals surface area contributed by atoms with Crippen LogP contribution in [0.4, 0.5) is 5.13 Å². The average molecular weight is 326 g/mol. The number of fused-ring (bicyclic) bond motifs is 1. The van der Waals surface area contributed by atoms with Gasteiger partial charge in [-0.3, -0.25) is 0 Å². The summed E-state index contributed by atoms with van der Waals surface area (Å²) in [5.74, 6) is 2.98. The molecule has 118 valence electrons. The van der Waals surface area contributed by atoms with E-state index in [4.69, 9.17) is 0 Å². The van der Waals surface area contributed by atoms with Gasteiger partial charge in [0.2, 0.25) is 5.13 Å². The molecule has 1 aromatic carbocycles. The largest absolute Gasteiger partial charge is 0.360 e. The van der Waals surface area contributed by atoms with Gasteiger partial charge in [-0.2, -0.15) is 9.36 Å². The van der Waals surface area contributed by atoms with Crippen LogP contribution in [-0.2, 0) is 19.4 Å². The molecule has 3 aromatic rings. The fourth-order valence-corrected chi connectivity index (χ4v) is 3.45. The maximum atomic E-state index is 4.54. The summed E-state index contributed by atoms with van der Waals surface area (Å²) in [5, 5.41) is 12.8. The quantitative estimate of drug-likeness (QED) is 0.781. The number of anilines is 1. The van der Waals surface area contributed by atoms with Gasteiger partial charge in [-0.15, -0.1) is 10.2 Å². The van der Waals surface area contributed by atoms with Gasteiger partial charge >= 0.3 is 0 Å². The second kappa shape index (κ2) is 6.45. The first-order valence-electron chi connectivity index (χ1n) is 7.94. The van der Waals surface area contributed by atoms with Crippen LogP contribution in [0.3, 0.4) is 0 Å². The van der Waals surface area contributed by atoms with Crippen LogP contribution in [0.25, 0.3) is 11.4 Å². The highest BCUT2D eigenvalue weighted by molar-refractivity contribution is 7.09. The first-order chi connectivity index (χ1) is 11.4. The molecule has 0 bridgehead atoms. The van der Waals surface area contributed by atoms with Gasteiger partial charge in [0.1, 0.15) is 11.6 Å². The third-order valence-corrected chi connectivity index (χ3v) is 4.69. The highest BCUT2D eigenvalue weighted by Gasteiger charge is 2.15. The van der Waals surface area contributed by atoms with E-state index in [1.807, 2.05) is 30.3 Å². The molecule has 3 heterocycles. The molecule has 2 aromatic heterocycles. The minimum atomic E-state index is 0.776. The first kappa shape index (κ1) is 14.3. The van der Waals surface area contributed by atoms with Crippen LogP contribution in [0.5, 0.6) is 0 Å². The number of hydrogen-bond donors (Lipinski definition) is 1. The third kappa shape index (κ3) is 3.10. The van der Waals surface area contributed by atoms with E-state index >= 15 is 0 Å². The highest BCUT2D eigenvalue weighted by Crippen LogP contribution is 2.20. The summed E-state index contributed by atoms with van der Waals surface area (Å²) in [5.41, 5.74) is 1.04. The van der Waals surface area contributed by atoms with E-state index < -0.39 is 0 Å². The molecule has 0 amide bonds. The Bertz CT molecular complexity index is 779. The first-order valence-corrected chi connectivity index (χ1v) is 8.71. The molecule has 1 N–H and O–H groups in total. The summed E-state index contributed by atoms with van der Waals surface area (Å²) in [6.45, 7) is 1.84. The van der Waals surface area contributed by atoms with Crippen molar-refractivity contribution in [2.24, 2.45) is 0 Å².